The number of hydrogen-bond acceptors (Lipinski definition) is 3. The van der Waals surface area contributed by atoms with Crippen molar-refractivity contribution < 1.29 is 19.8 Å². The summed E-state index contributed by atoms with van der Waals surface area (Å²) in [5.74, 6) is -1.90. The second-order valence-electron chi connectivity index (χ2n) is 5.32. The van der Waals surface area contributed by atoms with E-state index in [1.54, 1.807) is 0 Å². The molecule has 1 fully saturated rings. The molecule has 0 aromatic rings. The Morgan fingerprint density at radius 1 is 1.33 bits per heavy atom. The van der Waals surface area contributed by atoms with Crippen LogP contribution >= 0.6 is 0 Å². The van der Waals surface area contributed by atoms with Crippen LogP contribution in [0.25, 0.3) is 0 Å². The highest BCUT2D eigenvalue weighted by Crippen LogP contribution is 2.36. The molecular formula is C13H23NO4. The van der Waals surface area contributed by atoms with Crippen LogP contribution in [0.4, 0.5) is 0 Å². The number of amides is 1. The number of carboxylic acid groups (broad SMARTS) is 1. The Morgan fingerprint density at radius 2 is 1.94 bits per heavy atom. The summed E-state index contributed by atoms with van der Waals surface area (Å²) in [5.41, 5.74) is 0. The highest BCUT2D eigenvalue weighted by molar-refractivity contribution is 5.85. The fourth-order valence-electron chi connectivity index (χ4n) is 2.64. The van der Waals surface area contributed by atoms with Crippen LogP contribution in [0, 0.1) is 17.8 Å². The van der Waals surface area contributed by atoms with Gasteiger partial charge >= 0.3 is 5.97 Å². The van der Waals surface area contributed by atoms with E-state index in [9.17, 15) is 14.7 Å². The number of aliphatic hydroxyl groups excluding tert-OH is 1. The minimum absolute atomic E-state index is 0.212. The number of nitrogens with one attached hydrogen (secondary N) is 1. The van der Waals surface area contributed by atoms with E-state index in [1.807, 2.05) is 13.8 Å². The second kappa shape index (κ2) is 6.73. The maximum Gasteiger partial charge on any atom is 0.307 e. The Kier molecular flexibility index (Phi) is 5.59. The third kappa shape index (κ3) is 3.98. The van der Waals surface area contributed by atoms with Gasteiger partial charge in [0.1, 0.15) is 0 Å². The van der Waals surface area contributed by atoms with Crippen molar-refractivity contribution in [2.75, 3.05) is 6.54 Å². The van der Waals surface area contributed by atoms with E-state index in [-0.39, 0.29) is 18.4 Å². The van der Waals surface area contributed by atoms with Crippen molar-refractivity contribution in [1.29, 1.82) is 0 Å². The quantitative estimate of drug-likeness (QED) is 0.663. The molecular weight excluding hydrogens is 234 g/mol. The summed E-state index contributed by atoms with van der Waals surface area (Å²) in [5, 5.41) is 21.3. The SMILES string of the molecule is CCCC(O)CNC(=O)[C@H]1CC(C)C[C@H]1C(=O)O. The Labute approximate surface area is 108 Å². The molecule has 0 aromatic carbocycles. The Balaban J connectivity index is 2.47. The second-order valence-corrected chi connectivity index (χ2v) is 5.32. The van der Waals surface area contributed by atoms with Gasteiger partial charge in [-0.2, -0.15) is 0 Å². The number of carbonyl (C=O) groups is 2. The number of aliphatic carboxylic acids is 1. The molecule has 18 heavy (non-hydrogen) atoms. The van der Waals surface area contributed by atoms with Crippen LogP contribution in [-0.2, 0) is 9.59 Å². The molecule has 2 unspecified atom stereocenters. The molecule has 0 saturated heterocycles. The molecule has 1 aliphatic rings. The molecule has 5 nitrogen and oxygen atoms in total. The smallest absolute Gasteiger partial charge is 0.307 e. The van der Waals surface area contributed by atoms with E-state index in [0.717, 1.165) is 6.42 Å². The summed E-state index contributed by atoms with van der Waals surface area (Å²) in [4.78, 5) is 23.0. The van der Waals surface area contributed by atoms with Gasteiger partial charge in [-0.3, -0.25) is 9.59 Å². The molecule has 0 bridgehead atoms. The van der Waals surface area contributed by atoms with E-state index in [0.29, 0.717) is 19.3 Å². The van der Waals surface area contributed by atoms with Gasteiger partial charge in [0, 0.05) is 6.54 Å². The van der Waals surface area contributed by atoms with Crippen LogP contribution in [0.5, 0.6) is 0 Å². The normalized spacial score (nSPS) is 28.9. The van der Waals surface area contributed by atoms with E-state index >= 15 is 0 Å². The monoisotopic (exact) mass is 257 g/mol. The highest BCUT2D eigenvalue weighted by Gasteiger charge is 2.41. The van der Waals surface area contributed by atoms with Gasteiger partial charge in [0.25, 0.3) is 0 Å². The van der Waals surface area contributed by atoms with Gasteiger partial charge in [0.2, 0.25) is 5.91 Å². The third-order valence-corrected chi connectivity index (χ3v) is 3.59. The van der Waals surface area contributed by atoms with Crippen LogP contribution in [0.15, 0.2) is 0 Å². The lowest BCUT2D eigenvalue weighted by molar-refractivity contribution is -0.146. The zero-order valence-electron chi connectivity index (χ0n) is 11.1. The van der Waals surface area contributed by atoms with Gasteiger partial charge in [-0.05, 0) is 25.2 Å². The molecule has 5 heteroatoms. The zero-order chi connectivity index (χ0) is 13.7. The fraction of sp³-hybridized carbons (Fsp3) is 0.846. The highest BCUT2D eigenvalue weighted by atomic mass is 16.4. The zero-order valence-corrected chi connectivity index (χ0v) is 11.1. The number of hydrogen-bond donors (Lipinski definition) is 3. The lowest BCUT2D eigenvalue weighted by Gasteiger charge is -2.17. The van der Waals surface area contributed by atoms with Crippen LogP contribution in [0.3, 0.4) is 0 Å². The number of carboxylic acids is 1. The molecule has 3 N–H and O–H groups in total. The molecule has 4 atom stereocenters. The van der Waals surface area contributed by atoms with E-state index in [2.05, 4.69) is 5.32 Å². The summed E-state index contributed by atoms with van der Waals surface area (Å²) >= 11 is 0. The first-order chi connectivity index (χ1) is 8.45. The first kappa shape index (κ1) is 15.0. The van der Waals surface area contributed by atoms with Gasteiger partial charge in [0.05, 0.1) is 17.9 Å². The largest absolute Gasteiger partial charge is 0.481 e. The van der Waals surface area contributed by atoms with Crippen molar-refractivity contribution >= 4 is 11.9 Å². The minimum Gasteiger partial charge on any atom is -0.481 e. The van der Waals surface area contributed by atoms with Crippen molar-refractivity contribution in [3.63, 3.8) is 0 Å². The molecule has 1 saturated carbocycles. The van der Waals surface area contributed by atoms with E-state index < -0.39 is 23.9 Å². The number of aliphatic hydroxyl groups is 1. The van der Waals surface area contributed by atoms with Gasteiger partial charge in [-0.1, -0.05) is 20.3 Å². The minimum atomic E-state index is -0.895. The molecule has 0 aliphatic heterocycles. The number of rotatable bonds is 6. The standard InChI is InChI=1S/C13H23NO4/c1-3-4-9(15)7-14-12(16)10-5-8(2)6-11(10)13(17)18/h8-11,15H,3-7H2,1-2H3,(H,14,16)(H,17,18)/t8?,9?,10-,11+/m0/s1. The molecule has 1 amide bonds. The lowest BCUT2D eigenvalue weighted by atomic mass is 9.95. The summed E-state index contributed by atoms with van der Waals surface area (Å²) in [6.07, 6.45) is 2.14. The summed E-state index contributed by atoms with van der Waals surface area (Å²) in [7, 11) is 0. The summed E-state index contributed by atoms with van der Waals surface area (Å²) in [6.45, 7) is 4.14. The molecule has 0 aromatic heterocycles. The average molecular weight is 257 g/mol. The van der Waals surface area contributed by atoms with Crippen molar-refractivity contribution in [3.8, 4) is 0 Å². The average Bonchev–Trinajstić information content (AvgIpc) is 2.69. The Bertz CT molecular complexity index is 305. The van der Waals surface area contributed by atoms with Crippen LogP contribution in [0.1, 0.15) is 39.5 Å². The van der Waals surface area contributed by atoms with Crippen molar-refractivity contribution in [2.24, 2.45) is 17.8 Å². The van der Waals surface area contributed by atoms with E-state index in [4.69, 9.17) is 5.11 Å². The van der Waals surface area contributed by atoms with Gasteiger partial charge < -0.3 is 15.5 Å². The van der Waals surface area contributed by atoms with Gasteiger partial charge in [-0.25, -0.2) is 0 Å². The summed E-state index contributed by atoms with van der Waals surface area (Å²) in [6, 6.07) is 0. The van der Waals surface area contributed by atoms with Gasteiger partial charge in [0.15, 0.2) is 0 Å². The van der Waals surface area contributed by atoms with Crippen LogP contribution in [0.2, 0.25) is 0 Å². The van der Waals surface area contributed by atoms with Crippen LogP contribution in [-0.4, -0.2) is 34.7 Å². The summed E-state index contributed by atoms with van der Waals surface area (Å²) < 4.78 is 0. The van der Waals surface area contributed by atoms with Crippen molar-refractivity contribution in [2.45, 2.75) is 45.6 Å². The molecule has 0 spiro atoms. The predicted molar refractivity (Wildman–Crippen MR) is 66.9 cm³/mol. The molecule has 0 radical (unpaired) electrons. The molecule has 1 aliphatic carbocycles. The topological polar surface area (TPSA) is 86.6 Å². The molecule has 1 rings (SSSR count). The Hall–Kier alpha value is -1.10. The Morgan fingerprint density at radius 3 is 2.50 bits per heavy atom. The lowest BCUT2D eigenvalue weighted by Crippen LogP contribution is -2.39. The fourth-order valence-corrected chi connectivity index (χ4v) is 2.64. The maximum atomic E-state index is 11.9. The molecule has 0 heterocycles. The third-order valence-electron chi connectivity index (χ3n) is 3.59. The van der Waals surface area contributed by atoms with Crippen molar-refractivity contribution in [3.05, 3.63) is 0 Å². The van der Waals surface area contributed by atoms with E-state index in [1.165, 1.54) is 0 Å². The maximum absolute atomic E-state index is 11.9. The first-order valence-corrected chi connectivity index (χ1v) is 6.64. The predicted octanol–water partition coefficient (Wildman–Crippen LogP) is 1.01. The molecule has 104 valence electrons. The number of carbonyl (C=O) groups excluding carboxylic acids is 1. The van der Waals surface area contributed by atoms with Crippen molar-refractivity contribution in [1.82, 2.24) is 5.32 Å². The first-order valence-electron chi connectivity index (χ1n) is 6.64. The van der Waals surface area contributed by atoms with Crippen LogP contribution < -0.4 is 5.32 Å². The van der Waals surface area contributed by atoms with Gasteiger partial charge in [-0.15, -0.1) is 0 Å².